The van der Waals surface area contributed by atoms with Gasteiger partial charge < -0.3 is 100 Å². The molecule has 12 aliphatic rings. The Morgan fingerprint density at radius 3 is 1.21 bits per heavy atom. The molecule has 0 amide bonds. The molecular formula is C97H180F6O21. The summed E-state index contributed by atoms with van der Waals surface area (Å²) in [4.78, 5) is 0. The second kappa shape index (κ2) is 62.9. The van der Waals surface area contributed by atoms with Crippen LogP contribution in [0.1, 0.15) is 303 Å². The Morgan fingerprint density at radius 1 is 0.468 bits per heavy atom. The van der Waals surface area contributed by atoms with Gasteiger partial charge in [-0.25, -0.2) is 0 Å². The molecule has 0 aromatic rings. The zero-order valence-corrected chi connectivity index (χ0v) is 82.9. The first-order valence-electron chi connectivity index (χ1n) is 46.4. The normalized spacial score (nSPS) is 24.5. The summed E-state index contributed by atoms with van der Waals surface area (Å²) in [5.41, 5.74) is -0.0204. The van der Waals surface area contributed by atoms with Gasteiger partial charge in [0.25, 0.3) is 0 Å². The Morgan fingerprint density at radius 2 is 0.911 bits per heavy atom. The summed E-state index contributed by atoms with van der Waals surface area (Å²) in [6.07, 6.45) is 17.7. The van der Waals surface area contributed by atoms with Crippen molar-refractivity contribution in [3.05, 3.63) is 12.7 Å². The van der Waals surface area contributed by atoms with Crippen molar-refractivity contribution in [1.29, 1.82) is 0 Å². The zero-order valence-electron chi connectivity index (χ0n) is 82.9. The van der Waals surface area contributed by atoms with Crippen molar-refractivity contribution in [1.82, 2.24) is 0 Å². The minimum Gasteiger partial charge on any atom is -0.390 e. The van der Waals surface area contributed by atoms with Crippen LogP contribution in [0, 0.1) is 59.2 Å². The van der Waals surface area contributed by atoms with Gasteiger partial charge in [-0.1, -0.05) is 30.8 Å². The van der Waals surface area contributed by atoms with E-state index in [1.807, 2.05) is 62.3 Å². The lowest BCUT2D eigenvalue weighted by Gasteiger charge is -2.53. The lowest BCUT2D eigenvalue weighted by molar-refractivity contribution is -0.323. The molecule has 12 fully saturated rings. The van der Waals surface area contributed by atoms with Crippen LogP contribution in [0.2, 0.25) is 0 Å². The summed E-state index contributed by atoms with van der Waals surface area (Å²) in [6.45, 7) is 64.2. The van der Waals surface area contributed by atoms with Crippen LogP contribution < -0.4 is 0 Å². The molecule has 12 rings (SSSR count). The van der Waals surface area contributed by atoms with Gasteiger partial charge in [-0.2, -0.15) is 26.3 Å². The molecule has 21 nitrogen and oxygen atoms in total. The van der Waals surface area contributed by atoms with Gasteiger partial charge in [0, 0.05) is 39.3 Å². The maximum atomic E-state index is 13.2. The van der Waals surface area contributed by atoms with Crippen LogP contribution in [-0.2, 0) is 90.0 Å². The summed E-state index contributed by atoms with van der Waals surface area (Å²) < 4.78 is 175. The van der Waals surface area contributed by atoms with Gasteiger partial charge in [0.15, 0.2) is 0 Å². The van der Waals surface area contributed by atoms with E-state index in [1.165, 1.54) is 25.7 Å². The zero-order chi connectivity index (χ0) is 94.9. The Bertz CT molecular complexity index is 2680. The van der Waals surface area contributed by atoms with E-state index in [2.05, 4.69) is 126 Å². The van der Waals surface area contributed by atoms with Crippen molar-refractivity contribution >= 4 is 0 Å². The lowest BCUT2D eigenvalue weighted by atomic mass is 9.65. The molecule has 8 aliphatic carbocycles. The standard InChI is InChI=1S/C11H20O2.C9H16F2O2.C9H16F2O.C9H16O2.4C8H16O2.C8H14O2.C7H12F2O2.C6H12O.C6H10O/c1-9(2)13-11-6-3-10(12,4-7-11)5-8-11;1-6(2)13-9(10,11)7-4-8(5-7)12-3;1-6(2)12-9(10,11)8-4-7(3)5-8;1-7(2)11-8-3-9(4-8)5-10-6-9;1-6(2)10-7(3)8-4-9-5-8;1-7(2)10-8(4-5-8)6-9-3;1-6(2)10-7(3)8-4-5-9-8;1-7(2)10-6-8(9)4-3-5-8;1-8(2)10-7-5-4-6-9-3;1-5(2)11-7(8,9)6-3-10-4-6;2*1-4-5-7-6(2)3/h9,12H,3-8H2,1-2H3;6-8H,4-5H2,1-3H3;6-8H,4-5H2,1-3H3;7-8H,3-6H2,1-2H3;6-8H,4-5H2,1-3H3;7H,4-6H2,1-3H3;6-8H,4-5H2,1-3H3;7,9H,3-6H2,1-2H3;8H,6-7H2,1-3H3;5-6H,3-4H2,1-2H3;4,6H,1,5H2,2-3H3;1,6H,5H2,2-3H3/t;;;;7-;;7-,8?;;;;;/m....1.1...../s1. The van der Waals surface area contributed by atoms with Crippen LogP contribution in [0.15, 0.2) is 12.7 Å². The molecule has 736 valence electrons. The van der Waals surface area contributed by atoms with Gasteiger partial charge >= 0.3 is 18.3 Å². The number of methoxy groups -OCH3 is 3. The fourth-order valence-electron chi connectivity index (χ4n) is 14.0. The first kappa shape index (κ1) is 122. The average Bonchev–Trinajstić information content (AvgIpc) is 1.08. The van der Waals surface area contributed by atoms with E-state index in [9.17, 15) is 36.6 Å². The third-order valence-electron chi connectivity index (χ3n) is 21.4. The van der Waals surface area contributed by atoms with E-state index in [4.69, 9.17) is 77.5 Å². The van der Waals surface area contributed by atoms with Crippen molar-refractivity contribution < 1.29 is 127 Å². The highest BCUT2D eigenvalue weighted by molar-refractivity contribution is 5.03. The molecule has 1 unspecified atom stereocenters. The number of halogens is 6. The fraction of sp³-hybridized carbons (Fsp3) is 0.938. The molecule has 2 N–H and O–H groups in total. The highest BCUT2D eigenvalue weighted by Gasteiger charge is 2.53. The van der Waals surface area contributed by atoms with Crippen molar-refractivity contribution in [2.24, 2.45) is 35.0 Å². The average molecular weight is 1800 g/mol. The number of terminal acetylenes is 1. The third-order valence-corrected chi connectivity index (χ3v) is 21.4. The monoisotopic (exact) mass is 1800 g/mol. The Balaban J connectivity index is 0.00000134. The summed E-state index contributed by atoms with van der Waals surface area (Å²) in [5, 5.41) is 19.5. The molecule has 8 saturated carbocycles. The van der Waals surface area contributed by atoms with Gasteiger partial charge in [0.2, 0.25) is 0 Å². The number of alkyl halides is 6. The topological polar surface area (TPSA) is 216 Å². The molecule has 27 heteroatoms. The predicted molar refractivity (Wildman–Crippen MR) is 479 cm³/mol. The SMILES string of the molecule is C#CCOC(C)C.C=CCOC(C)C.CC(C)OC(F)(F)C1COC1.CC(C)OC12CCC(O)(CC1)CC2.CC(C)OC1CC2(COC2)C1.CC(C)OCC1(O)CCC1.CC(C)O[C@H](C)C1CCO1.CC(C)O[C@H](C)C1COC1.CC1CC(C(F)(F)OC(C)C)C1.COC1CC(C(F)(F)OC(C)C)C1.COCC#CCOC(C)C.COCC1(OC(C)C)CC1. The number of hydrogen-bond donors (Lipinski definition) is 2. The summed E-state index contributed by atoms with van der Waals surface area (Å²) in [5.74, 6) is 7.11. The molecule has 4 aliphatic heterocycles. The van der Waals surface area contributed by atoms with E-state index in [0.29, 0.717) is 131 Å². The molecule has 0 aromatic carbocycles. The molecule has 3 atom stereocenters. The molecule has 1 spiro atoms. The van der Waals surface area contributed by atoms with Crippen LogP contribution in [-0.4, -0.2) is 262 Å². The van der Waals surface area contributed by atoms with Crippen LogP contribution in [0.4, 0.5) is 26.3 Å². The number of fused-ring (bicyclic) bond motifs is 3. The molecular weight excluding hydrogens is 1620 g/mol. The molecule has 0 radical (unpaired) electrons. The van der Waals surface area contributed by atoms with Gasteiger partial charge in [-0.3, -0.25) is 0 Å². The van der Waals surface area contributed by atoms with E-state index in [-0.39, 0.29) is 60.5 Å². The highest BCUT2D eigenvalue weighted by Crippen LogP contribution is 2.51. The van der Waals surface area contributed by atoms with Gasteiger partial charge in [0.1, 0.15) is 19.8 Å². The maximum Gasteiger partial charge on any atom is 0.363 e. The van der Waals surface area contributed by atoms with Crippen molar-refractivity contribution in [3.8, 4) is 24.2 Å². The first-order chi connectivity index (χ1) is 57.6. The van der Waals surface area contributed by atoms with Crippen LogP contribution in [0.5, 0.6) is 0 Å². The Hall–Kier alpha value is -2.40. The van der Waals surface area contributed by atoms with Crippen molar-refractivity contribution in [2.45, 2.75) is 447 Å². The lowest BCUT2D eigenvalue weighted by Crippen LogP contribution is -2.55. The Labute approximate surface area is 749 Å². The van der Waals surface area contributed by atoms with E-state index >= 15 is 0 Å². The van der Waals surface area contributed by atoms with Crippen LogP contribution >= 0.6 is 0 Å². The van der Waals surface area contributed by atoms with Crippen LogP contribution in [0.25, 0.3) is 0 Å². The summed E-state index contributed by atoms with van der Waals surface area (Å²) in [6, 6.07) is 0. The molecule has 124 heavy (non-hydrogen) atoms. The second-order valence-corrected chi connectivity index (χ2v) is 38.4. The van der Waals surface area contributed by atoms with E-state index < -0.39 is 60.0 Å². The molecule has 2 bridgehead atoms. The smallest absolute Gasteiger partial charge is 0.363 e. The van der Waals surface area contributed by atoms with Crippen LogP contribution in [0.3, 0.4) is 0 Å². The summed E-state index contributed by atoms with van der Waals surface area (Å²) in [7, 11) is 4.89. The van der Waals surface area contributed by atoms with Crippen molar-refractivity contribution in [3.63, 3.8) is 0 Å². The fourth-order valence-corrected chi connectivity index (χ4v) is 14.0. The van der Waals surface area contributed by atoms with Gasteiger partial charge in [-0.15, -0.1) is 13.0 Å². The number of aliphatic hydroxyl groups is 2. The van der Waals surface area contributed by atoms with E-state index in [1.54, 1.807) is 68.9 Å². The Kier molecular flexibility index (Phi) is 61.7. The van der Waals surface area contributed by atoms with Gasteiger partial charge in [-0.05, 0) is 302 Å². The second-order valence-electron chi connectivity index (χ2n) is 38.4. The third kappa shape index (κ3) is 55.8. The number of rotatable bonds is 35. The summed E-state index contributed by atoms with van der Waals surface area (Å²) >= 11 is 0. The number of ether oxygens (including phenoxy) is 19. The van der Waals surface area contributed by atoms with E-state index in [0.717, 1.165) is 104 Å². The quantitative estimate of drug-likeness (QED) is 0.0343. The largest absolute Gasteiger partial charge is 0.390 e. The van der Waals surface area contributed by atoms with Gasteiger partial charge in [0.05, 0.1) is 203 Å². The molecule has 4 saturated heterocycles. The highest BCUT2D eigenvalue weighted by atomic mass is 19.3. The minimum absolute atomic E-state index is 0.00774. The number of hydrogen-bond acceptors (Lipinski definition) is 21. The molecule has 4 heterocycles. The van der Waals surface area contributed by atoms with Crippen molar-refractivity contribution in [2.75, 3.05) is 107 Å². The minimum atomic E-state index is -3.01. The first-order valence-corrected chi connectivity index (χ1v) is 46.4. The predicted octanol–water partition coefficient (Wildman–Crippen LogP) is 20.6. The molecule has 0 aromatic heterocycles. The maximum absolute atomic E-state index is 13.2.